The molecule has 2 aromatic carbocycles. The van der Waals surface area contributed by atoms with Crippen molar-refractivity contribution in [3.63, 3.8) is 0 Å². The van der Waals surface area contributed by atoms with Crippen LogP contribution in [0.4, 0.5) is 24.0 Å². The first-order valence-corrected chi connectivity index (χ1v) is 9.30. The van der Waals surface area contributed by atoms with E-state index in [9.17, 15) is 13.2 Å². The first-order chi connectivity index (χ1) is 12.9. The van der Waals surface area contributed by atoms with Crippen LogP contribution in [-0.2, 0) is 5.75 Å². The van der Waals surface area contributed by atoms with Crippen molar-refractivity contribution < 1.29 is 17.9 Å². The molecule has 138 valence electrons. The Morgan fingerprint density at radius 2 is 1.85 bits per heavy atom. The molecule has 5 nitrogen and oxygen atoms in total. The molecule has 0 spiro atoms. The highest BCUT2D eigenvalue weighted by atomic mass is 32.2. The van der Waals surface area contributed by atoms with Crippen molar-refractivity contribution in [2.24, 2.45) is 0 Å². The molecule has 27 heavy (non-hydrogen) atoms. The third kappa shape index (κ3) is 5.60. The van der Waals surface area contributed by atoms with Crippen LogP contribution in [0.1, 0.15) is 11.1 Å². The molecular formula is C17H11F3N4OS2. The molecule has 0 bridgehead atoms. The zero-order valence-electron chi connectivity index (χ0n) is 13.5. The summed E-state index contributed by atoms with van der Waals surface area (Å²) < 4.78 is 41.0. The van der Waals surface area contributed by atoms with E-state index in [2.05, 4.69) is 26.3 Å². The molecule has 0 radical (unpaired) electrons. The third-order valence-corrected chi connectivity index (χ3v) is 5.26. The van der Waals surface area contributed by atoms with Crippen molar-refractivity contribution in [3.05, 3.63) is 59.7 Å². The fraction of sp³-hybridized carbons (Fsp3) is 0.118. The quantitative estimate of drug-likeness (QED) is 0.555. The van der Waals surface area contributed by atoms with Gasteiger partial charge in [-0.2, -0.15) is 5.26 Å². The summed E-state index contributed by atoms with van der Waals surface area (Å²) in [6.45, 7) is 0. The average molecular weight is 408 g/mol. The fourth-order valence-corrected chi connectivity index (χ4v) is 3.85. The minimum Gasteiger partial charge on any atom is -0.406 e. The van der Waals surface area contributed by atoms with Gasteiger partial charge in [0.25, 0.3) is 0 Å². The molecule has 1 heterocycles. The molecule has 0 saturated carbocycles. The smallest absolute Gasteiger partial charge is 0.406 e. The standard InChI is InChI=1S/C17H11F3N4OS2/c18-17(19,20)25-14-7-5-13(6-8-14)22-15-23-24-16(27-15)26-10-12-4-2-1-3-11(12)9-21/h1-8H,10H2,(H,22,23). The van der Waals surface area contributed by atoms with E-state index in [4.69, 9.17) is 5.26 Å². The number of thioether (sulfide) groups is 1. The van der Waals surface area contributed by atoms with Gasteiger partial charge in [-0.25, -0.2) is 0 Å². The third-order valence-electron chi connectivity index (χ3n) is 3.23. The van der Waals surface area contributed by atoms with Crippen LogP contribution in [0, 0.1) is 11.3 Å². The molecule has 0 unspecified atom stereocenters. The van der Waals surface area contributed by atoms with Gasteiger partial charge in [-0.3, -0.25) is 0 Å². The number of nitrogens with one attached hydrogen (secondary N) is 1. The van der Waals surface area contributed by atoms with E-state index in [-0.39, 0.29) is 5.75 Å². The molecule has 0 aliphatic rings. The van der Waals surface area contributed by atoms with Gasteiger partial charge in [-0.1, -0.05) is 41.3 Å². The summed E-state index contributed by atoms with van der Waals surface area (Å²) in [4.78, 5) is 0. The van der Waals surface area contributed by atoms with Crippen molar-refractivity contribution in [1.82, 2.24) is 10.2 Å². The summed E-state index contributed by atoms with van der Waals surface area (Å²) in [6, 6.07) is 14.8. The van der Waals surface area contributed by atoms with Crippen LogP contribution >= 0.6 is 23.1 Å². The number of halogens is 3. The molecule has 0 aliphatic heterocycles. The van der Waals surface area contributed by atoms with Crippen LogP contribution in [0.2, 0.25) is 0 Å². The lowest BCUT2D eigenvalue weighted by Crippen LogP contribution is -2.16. The van der Waals surface area contributed by atoms with Gasteiger partial charge in [0, 0.05) is 11.4 Å². The van der Waals surface area contributed by atoms with Crippen molar-refractivity contribution >= 4 is 33.9 Å². The Morgan fingerprint density at radius 1 is 1.11 bits per heavy atom. The summed E-state index contributed by atoms with van der Waals surface area (Å²) in [6.07, 6.45) is -4.72. The lowest BCUT2D eigenvalue weighted by Gasteiger charge is -2.09. The number of aromatic nitrogens is 2. The molecule has 0 aliphatic carbocycles. The number of hydrogen-bond donors (Lipinski definition) is 1. The maximum Gasteiger partial charge on any atom is 0.573 e. The Labute approximate surface area is 160 Å². The highest BCUT2D eigenvalue weighted by molar-refractivity contribution is 8.00. The summed E-state index contributed by atoms with van der Waals surface area (Å²) in [5, 5.41) is 20.7. The number of ether oxygens (including phenoxy) is 1. The van der Waals surface area contributed by atoms with Gasteiger partial charge in [0.1, 0.15) is 5.75 Å². The first-order valence-electron chi connectivity index (χ1n) is 7.50. The second-order valence-corrected chi connectivity index (χ2v) is 7.33. The Hall–Kier alpha value is -2.77. The molecule has 0 atom stereocenters. The van der Waals surface area contributed by atoms with Gasteiger partial charge in [-0.15, -0.1) is 23.4 Å². The van der Waals surface area contributed by atoms with Crippen molar-refractivity contribution in [2.75, 3.05) is 5.32 Å². The van der Waals surface area contributed by atoms with Crippen LogP contribution in [-0.4, -0.2) is 16.6 Å². The summed E-state index contributed by atoms with van der Waals surface area (Å²) in [5.41, 5.74) is 2.09. The molecule has 0 saturated heterocycles. The largest absolute Gasteiger partial charge is 0.573 e. The van der Waals surface area contributed by atoms with E-state index in [0.29, 0.717) is 26.5 Å². The Bertz CT molecular complexity index is 952. The van der Waals surface area contributed by atoms with Crippen LogP contribution in [0.5, 0.6) is 5.75 Å². The predicted octanol–water partition coefficient (Wildman–Crippen LogP) is 5.34. The molecule has 0 fully saturated rings. The lowest BCUT2D eigenvalue weighted by molar-refractivity contribution is -0.274. The van der Waals surface area contributed by atoms with E-state index in [1.807, 2.05) is 18.2 Å². The summed E-state index contributed by atoms with van der Waals surface area (Å²) in [5.74, 6) is 0.291. The van der Waals surface area contributed by atoms with Gasteiger partial charge >= 0.3 is 6.36 Å². The molecule has 1 N–H and O–H groups in total. The number of hydrogen-bond acceptors (Lipinski definition) is 7. The maximum absolute atomic E-state index is 12.2. The summed E-state index contributed by atoms with van der Waals surface area (Å²) >= 11 is 2.76. The highest BCUT2D eigenvalue weighted by Crippen LogP contribution is 2.31. The number of rotatable bonds is 6. The highest BCUT2D eigenvalue weighted by Gasteiger charge is 2.30. The molecule has 1 aromatic heterocycles. The van der Waals surface area contributed by atoms with Crippen LogP contribution in [0.15, 0.2) is 52.9 Å². The van der Waals surface area contributed by atoms with Gasteiger partial charge < -0.3 is 10.1 Å². The second-order valence-electron chi connectivity index (χ2n) is 5.13. The van der Waals surface area contributed by atoms with Gasteiger partial charge in [0.05, 0.1) is 11.6 Å². The number of anilines is 2. The van der Waals surface area contributed by atoms with Crippen LogP contribution in [0.3, 0.4) is 0 Å². The lowest BCUT2D eigenvalue weighted by atomic mass is 10.1. The Morgan fingerprint density at radius 3 is 2.56 bits per heavy atom. The van der Waals surface area contributed by atoms with E-state index in [0.717, 1.165) is 5.56 Å². The number of alkyl halides is 3. The summed E-state index contributed by atoms with van der Waals surface area (Å²) in [7, 11) is 0. The van der Waals surface area contributed by atoms with E-state index < -0.39 is 6.36 Å². The normalized spacial score (nSPS) is 11.0. The Kier molecular flexibility index (Phi) is 5.83. The topological polar surface area (TPSA) is 70.8 Å². The number of nitriles is 1. The predicted molar refractivity (Wildman–Crippen MR) is 97.0 cm³/mol. The van der Waals surface area contributed by atoms with E-state index >= 15 is 0 Å². The molecular weight excluding hydrogens is 397 g/mol. The molecule has 3 rings (SSSR count). The zero-order chi connectivity index (χ0) is 19.3. The molecule has 3 aromatic rings. The molecule has 10 heteroatoms. The fourth-order valence-electron chi connectivity index (χ4n) is 2.08. The average Bonchev–Trinajstić information content (AvgIpc) is 3.08. The van der Waals surface area contributed by atoms with E-state index in [1.165, 1.54) is 47.4 Å². The van der Waals surface area contributed by atoms with Gasteiger partial charge in [0.2, 0.25) is 5.13 Å². The van der Waals surface area contributed by atoms with Crippen LogP contribution < -0.4 is 10.1 Å². The number of benzene rings is 2. The Balaban J connectivity index is 1.59. The van der Waals surface area contributed by atoms with Gasteiger partial charge in [-0.05, 0) is 35.9 Å². The SMILES string of the molecule is N#Cc1ccccc1CSc1nnc(Nc2ccc(OC(F)(F)F)cc2)s1. The number of nitrogens with zero attached hydrogens (tertiary/aromatic N) is 3. The molecule has 0 amide bonds. The van der Waals surface area contributed by atoms with Crippen LogP contribution in [0.25, 0.3) is 0 Å². The van der Waals surface area contributed by atoms with Crippen molar-refractivity contribution in [2.45, 2.75) is 16.5 Å². The first kappa shape index (κ1) is 19.0. The van der Waals surface area contributed by atoms with Crippen molar-refractivity contribution in [3.8, 4) is 11.8 Å². The minimum absolute atomic E-state index is 0.294. The minimum atomic E-state index is -4.72. The second kappa shape index (κ2) is 8.28. The van der Waals surface area contributed by atoms with Crippen molar-refractivity contribution in [1.29, 1.82) is 5.26 Å². The van der Waals surface area contributed by atoms with Gasteiger partial charge in [0.15, 0.2) is 4.34 Å². The monoisotopic (exact) mass is 408 g/mol. The zero-order valence-corrected chi connectivity index (χ0v) is 15.2. The maximum atomic E-state index is 12.2. The van der Waals surface area contributed by atoms with E-state index in [1.54, 1.807) is 6.07 Å².